The molecule has 0 unspecified atom stereocenters. The first-order chi connectivity index (χ1) is 11.3. The van der Waals surface area contributed by atoms with Crippen LogP contribution in [0.25, 0.3) is 0 Å². The van der Waals surface area contributed by atoms with E-state index < -0.39 is 5.97 Å². The Morgan fingerprint density at radius 2 is 1.79 bits per heavy atom. The van der Waals surface area contributed by atoms with E-state index in [1.54, 1.807) is 32.4 Å². The second kappa shape index (κ2) is 8.52. The van der Waals surface area contributed by atoms with Crippen LogP contribution >= 0.6 is 0 Å². The summed E-state index contributed by atoms with van der Waals surface area (Å²) in [5.74, 6) is -0.632. The summed E-state index contributed by atoms with van der Waals surface area (Å²) in [6, 6.07) is -0.304. The summed E-state index contributed by atoms with van der Waals surface area (Å²) >= 11 is 0. The van der Waals surface area contributed by atoms with Crippen molar-refractivity contribution < 1.29 is 19.1 Å². The third-order valence-corrected chi connectivity index (χ3v) is 3.89. The van der Waals surface area contributed by atoms with Crippen LogP contribution in [-0.2, 0) is 11.3 Å². The summed E-state index contributed by atoms with van der Waals surface area (Å²) in [7, 11) is 1.57. The maximum absolute atomic E-state index is 12.7. The maximum atomic E-state index is 12.7. The van der Waals surface area contributed by atoms with Crippen molar-refractivity contribution in [2.75, 3.05) is 26.7 Å². The van der Waals surface area contributed by atoms with Gasteiger partial charge in [0.2, 0.25) is 0 Å². The van der Waals surface area contributed by atoms with Gasteiger partial charge in [-0.2, -0.15) is 0 Å². The average molecular weight is 337 g/mol. The Bertz CT molecular complexity index is 634. The third-order valence-electron chi connectivity index (χ3n) is 3.89. The van der Waals surface area contributed by atoms with Gasteiger partial charge in [0.05, 0.1) is 13.2 Å². The molecule has 0 radical (unpaired) electrons. The van der Waals surface area contributed by atoms with E-state index in [1.165, 1.54) is 4.90 Å². The van der Waals surface area contributed by atoms with Gasteiger partial charge in [-0.3, -0.25) is 4.79 Å². The molecule has 1 N–H and O–H groups in total. The Hall–Kier alpha value is -2.31. The Morgan fingerprint density at radius 1 is 1.17 bits per heavy atom. The fraction of sp³-hybridized carbons (Fsp3) is 0.588. The van der Waals surface area contributed by atoms with Gasteiger partial charge in [-0.1, -0.05) is 0 Å². The first kappa shape index (κ1) is 19.7. The van der Waals surface area contributed by atoms with Crippen LogP contribution in [0.5, 0.6) is 0 Å². The summed E-state index contributed by atoms with van der Waals surface area (Å²) in [6.45, 7) is 10.3. The number of urea groups is 1. The van der Waals surface area contributed by atoms with Crippen molar-refractivity contribution in [3.8, 4) is 0 Å². The summed E-state index contributed by atoms with van der Waals surface area (Å²) < 4.78 is 6.89. The van der Waals surface area contributed by atoms with Gasteiger partial charge in [-0.15, -0.1) is 0 Å². The fourth-order valence-electron chi connectivity index (χ4n) is 2.82. The number of ether oxygens (including phenoxy) is 1. The molecular formula is C17H27N3O4. The first-order valence-corrected chi connectivity index (χ1v) is 8.18. The molecule has 1 aromatic rings. The Kier molecular flexibility index (Phi) is 7.00. The molecule has 7 heteroatoms. The monoisotopic (exact) mass is 337 g/mol. The van der Waals surface area contributed by atoms with E-state index in [-0.39, 0.29) is 25.0 Å². The molecule has 24 heavy (non-hydrogen) atoms. The first-order valence-electron chi connectivity index (χ1n) is 8.18. The van der Waals surface area contributed by atoms with Crippen molar-refractivity contribution in [2.24, 2.45) is 0 Å². The van der Waals surface area contributed by atoms with Gasteiger partial charge in [0.15, 0.2) is 5.78 Å². The standard InChI is InChI=1S/C17H27N3O4/c1-7-18-17(23)19(6)10-13(21)14-11(4)15(16(22)24-9-3)20(8-2)12(14)5/h7-10H2,1-6H3,(H,18,23). The molecule has 7 nitrogen and oxygen atoms in total. The van der Waals surface area contributed by atoms with Crippen LogP contribution in [0.1, 0.15) is 52.9 Å². The SMILES string of the molecule is CCNC(=O)N(C)CC(=O)c1c(C)c(C(=O)OCC)n(CC)c1C. The highest BCUT2D eigenvalue weighted by atomic mass is 16.5. The van der Waals surface area contributed by atoms with Crippen molar-refractivity contribution >= 4 is 17.8 Å². The molecule has 0 aliphatic rings. The number of rotatable bonds is 7. The number of nitrogens with one attached hydrogen (secondary N) is 1. The van der Waals surface area contributed by atoms with Crippen molar-refractivity contribution in [1.29, 1.82) is 0 Å². The van der Waals surface area contributed by atoms with Crippen LogP contribution in [0.15, 0.2) is 0 Å². The van der Waals surface area contributed by atoms with Crippen LogP contribution < -0.4 is 5.32 Å². The number of aromatic nitrogens is 1. The third kappa shape index (κ3) is 3.96. The zero-order chi connectivity index (χ0) is 18.4. The molecule has 0 saturated carbocycles. The number of hydrogen-bond donors (Lipinski definition) is 1. The van der Waals surface area contributed by atoms with E-state index >= 15 is 0 Å². The average Bonchev–Trinajstić information content (AvgIpc) is 2.77. The molecular weight excluding hydrogens is 310 g/mol. The molecule has 0 aromatic carbocycles. The second-order valence-corrected chi connectivity index (χ2v) is 5.51. The van der Waals surface area contributed by atoms with Gasteiger partial charge in [0.1, 0.15) is 5.69 Å². The summed E-state index contributed by atoms with van der Waals surface area (Å²) in [5.41, 5.74) is 2.20. The van der Waals surface area contributed by atoms with Gasteiger partial charge in [0.25, 0.3) is 0 Å². The predicted octanol–water partition coefficient (Wildman–Crippen LogP) is 2.15. The molecule has 0 aliphatic carbocycles. The highest BCUT2D eigenvalue weighted by Gasteiger charge is 2.27. The molecule has 0 fully saturated rings. The van der Waals surface area contributed by atoms with E-state index in [2.05, 4.69) is 5.32 Å². The minimum atomic E-state index is -0.434. The number of carbonyl (C=O) groups excluding carboxylic acids is 3. The number of Topliss-reactive ketones (excluding diaryl/α,β-unsaturated/α-hetero) is 1. The van der Waals surface area contributed by atoms with Crippen molar-refractivity contribution in [1.82, 2.24) is 14.8 Å². The minimum absolute atomic E-state index is 0.0521. The molecule has 1 rings (SSSR count). The van der Waals surface area contributed by atoms with Crippen LogP contribution in [0.4, 0.5) is 4.79 Å². The van der Waals surface area contributed by atoms with Crippen LogP contribution in [0, 0.1) is 13.8 Å². The summed E-state index contributed by atoms with van der Waals surface area (Å²) in [6.07, 6.45) is 0. The van der Waals surface area contributed by atoms with Crippen molar-refractivity contribution in [3.63, 3.8) is 0 Å². The zero-order valence-electron chi connectivity index (χ0n) is 15.4. The quantitative estimate of drug-likeness (QED) is 0.610. The molecule has 2 amide bonds. The van der Waals surface area contributed by atoms with Crippen molar-refractivity contribution in [3.05, 3.63) is 22.5 Å². The smallest absolute Gasteiger partial charge is 0.355 e. The van der Waals surface area contributed by atoms with Gasteiger partial charge in [-0.25, -0.2) is 9.59 Å². The number of nitrogens with zero attached hydrogens (tertiary/aromatic N) is 2. The molecule has 0 atom stereocenters. The lowest BCUT2D eigenvalue weighted by atomic mass is 10.1. The van der Waals surface area contributed by atoms with E-state index in [4.69, 9.17) is 4.74 Å². The lowest BCUT2D eigenvalue weighted by Crippen LogP contribution is -2.40. The van der Waals surface area contributed by atoms with Crippen molar-refractivity contribution in [2.45, 2.75) is 41.2 Å². The Labute approximate surface area is 143 Å². The molecule has 0 spiro atoms. The van der Waals surface area contributed by atoms with E-state index in [0.717, 1.165) is 0 Å². The molecule has 0 aliphatic heterocycles. The topological polar surface area (TPSA) is 80.6 Å². The number of esters is 1. The second-order valence-electron chi connectivity index (χ2n) is 5.51. The molecule has 134 valence electrons. The number of ketones is 1. The molecule has 0 bridgehead atoms. The predicted molar refractivity (Wildman–Crippen MR) is 91.6 cm³/mol. The lowest BCUT2D eigenvalue weighted by Gasteiger charge is -2.16. The van der Waals surface area contributed by atoms with E-state index in [0.29, 0.717) is 35.6 Å². The maximum Gasteiger partial charge on any atom is 0.355 e. The lowest BCUT2D eigenvalue weighted by molar-refractivity contribution is 0.0512. The number of carbonyl (C=O) groups is 3. The van der Waals surface area contributed by atoms with E-state index in [9.17, 15) is 14.4 Å². The zero-order valence-corrected chi connectivity index (χ0v) is 15.4. The molecule has 1 heterocycles. The minimum Gasteiger partial charge on any atom is -0.461 e. The number of amides is 2. The van der Waals surface area contributed by atoms with Crippen LogP contribution in [0.3, 0.4) is 0 Å². The van der Waals surface area contributed by atoms with E-state index in [1.807, 2.05) is 13.8 Å². The Morgan fingerprint density at radius 3 is 2.29 bits per heavy atom. The van der Waals surface area contributed by atoms with Crippen LogP contribution in [-0.4, -0.2) is 54.0 Å². The highest BCUT2D eigenvalue weighted by molar-refractivity contribution is 6.04. The number of likely N-dealkylation sites (N-methyl/N-ethyl adjacent to an activating group) is 1. The largest absolute Gasteiger partial charge is 0.461 e. The van der Waals surface area contributed by atoms with Gasteiger partial charge < -0.3 is 19.5 Å². The van der Waals surface area contributed by atoms with Crippen LogP contribution in [0.2, 0.25) is 0 Å². The highest BCUT2D eigenvalue weighted by Crippen LogP contribution is 2.24. The van der Waals surface area contributed by atoms with Gasteiger partial charge in [-0.05, 0) is 40.2 Å². The summed E-state index contributed by atoms with van der Waals surface area (Å²) in [4.78, 5) is 38.0. The molecule has 1 aromatic heterocycles. The van der Waals surface area contributed by atoms with Gasteiger partial charge >= 0.3 is 12.0 Å². The van der Waals surface area contributed by atoms with Gasteiger partial charge in [0, 0.05) is 31.4 Å². The summed E-state index contributed by atoms with van der Waals surface area (Å²) in [5, 5.41) is 2.65. The normalized spacial score (nSPS) is 10.4. The number of hydrogen-bond acceptors (Lipinski definition) is 4. The fourth-order valence-corrected chi connectivity index (χ4v) is 2.82. The Balaban J connectivity index is 3.18. The molecule has 0 saturated heterocycles.